The Morgan fingerprint density at radius 3 is 2.66 bits per heavy atom. The van der Waals surface area contributed by atoms with Gasteiger partial charge in [0.1, 0.15) is 23.9 Å². The number of unbranched alkanes of at least 4 members (excludes halogenated alkanes) is 1. The predicted molar refractivity (Wildman–Crippen MR) is 120 cm³/mol. The monoisotopic (exact) mass is 442 g/mol. The first-order valence-corrected chi connectivity index (χ1v) is 11.1. The highest BCUT2D eigenvalue weighted by molar-refractivity contribution is 5.85. The second-order valence-electron chi connectivity index (χ2n) is 7.87. The van der Waals surface area contributed by atoms with E-state index in [1.807, 2.05) is 29.2 Å². The van der Waals surface area contributed by atoms with Gasteiger partial charge in [0.15, 0.2) is 0 Å². The summed E-state index contributed by atoms with van der Waals surface area (Å²) in [6, 6.07) is 12.9. The minimum Gasteiger partial charge on any atom is -0.496 e. The zero-order chi connectivity index (χ0) is 22.9. The molecule has 2 unspecified atom stereocenters. The number of nitrogens with one attached hydrogen (secondary N) is 1. The molecular weight excluding hydrogens is 411 g/mol. The van der Waals surface area contributed by atoms with Crippen molar-refractivity contribution < 1.29 is 23.5 Å². The van der Waals surface area contributed by atoms with Crippen LogP contribution in [0.1, 0.15) is 44.2 Å². The molecule has 1 N–H and O–H groups in total. The van der Waals surface area contributed by atoms with E-state index in [9.17, 15) is 14.0 Å². The quantitative estimate of drug-likeness (QED) is 0.563. The number of amides is 2. The lowest BCUT2D eigenvalue weighted by Gasteiger charge is -2.41. The number of piperidine rings is 1. The molecule has 1 aliphatic heterocycles. The standard InChI is InChI=1S/C25H31FN2O4/c1-3-4-16-28-23(29)14-13-21(24(28)20-7-5-6-8-22(20)31-2)25(30)27-15-17-32-19-11-9-18(26)10-12-19/h5-12,21,24H,3-4,13-17H2,1-2H3,(H,27,30). The molecule has 1 aliphatic rings. The molecule has 0 bridgehead atoms. The Bertz CT molecular complexity index is 903. The number of likely N-dealkylation sites (tertiary alicyclic amines) is 1. The van der Waals surface area contributed by atoms with E-state index in [-0.39, 0.29) is 36.2 Å². The average Bonchev–Trinajstić information content (AvgIpc) is 2.81. The maximum atomic E-state index is 13.2. The molecule has 32 heavy (non-hydrogen) atoms. The Morgan fingerprint density at radius 2 is 1.94 bits per heavy atom. The number of carbonyl (C=O) groups excluding carboxylic acids is 2. The smallest absolute Gasteiger partial charge is 0.225 e. The fraction of sp³-hybridized carbons (Fsp3) is 0.440. The van der Waals surface area contributed by atoms with E-state index in [1.54, 1.807) is 19.2 Å². The van der Waals surface area contributed by atoms with E-state index in [0.717, 1.165) is 18.4 Å². The zero-order valence-electron chi connectivity index (χ0n) is 18.7. The molecule has 3 rings (SSSR count). The first-order valence-electron chi connectivity index (χ1n) is 11.1. The number of halogens is 1. The summed E-state index contributed by atoms with van der Waals surface area (Å²) in [7, 11) is 1.60. The van der Waals surface area contributed by atoms with Crippen LogP contribution in [0.3, 0.4) is 0 Å². The molecule has 2 amide bonds. The fourth-order valence-electron chi connectivity index (χ4n) is 4.12. The summed E-state index contributed by atoms with van der Waals surface area (Å²) in [5.74, 6) is 0.461. The molecule has 172 valence electrons. The summed E-state index contributed by atoms with van der Waals surface area (Å²) >= 11 is 0. The molecule has 0 aromatic heterocycles. The van der Waals surface area contributed by atoms with Crippen molar-refractivity contribution in [2.24, 2.45) is 5.92 Å². The second kappa shape index (κ2) is 11.5. The van der Waals surface area contributed by atoms with Crippen molar-refractivity contribution in [3.63, 3.8) is 0 Å². The largest absolute Gasteiger partial charge is 0.496 e. The molecule has 2 aromatic carbocycles. The number of ether oxygens (including phenoxy) is 2. The van der Waals surface area contributed by atoms with Crippen molar-refractivity contribution in [3.05, 3.63) is 59.9 Å². The third kappa shape index (κ3) is 5.78. The maximum Gasteiger partial charge on any atom is 0.225 e. The van der Waals surface area contributed by atoms with Crippen LogP contribution in [0.15, 0.2) is 48.5 Å². The molecule has 0 radical (unpaired) electrons. The molecule has 1 heterocycles. The van der Waals surface area contributed by atoms with E-state index in [4.69, 9.17) is 9.47 Å². The summed E-state index contributed by atoms with van der Waals surface area (Å²) in [6.45, 7) is 3.27. The summed E-state index contributed by atoms with van der Waals surface area (Å²) < 4.78 is 24.1. The number of hydrogen-bond acceptors (Lipinski definition) is 4. The van der Waals surface area contributed by atoms with E-state index in [2.05, 4.69) is 12.2 Å². The Kier molecular flexibility index (Phi) is 8.48. The van der Waals surface area contributed by atoms with Gasteiger partial charge < -0.3 is 19.7 Å². The number of nitrogens with zero attached hydrogens (tertiary/aromatic N) is 1. The van der Waals surface area contributed by atoms with Crippen LogP contribution in [0.5, 0.6) is 11.5 Å². The summed E-state index contributed by atoms with van der Waals surface area (Å²) in [5.41, 5.74) is 0.849. The lowest BCUT2D eigenvalue weighted by molar-refractivity contribution is -0.143. The molecular formula is C25H31FN2O4. The van der Waals surface area contributed by atoms with Gasteiger partial charge >= 0.3 is 0 Å². The van der Waals surface area contributed by atoms with Crippen LogP contribution in [0, 0.1) is 11.7 Å². The highest BCUT2D eigenvalue weighted by Gasteiger charge is 2.41. The van der Waals surface area contributed by atoms with Crippen LogP contribution < -0.4 is 14.8 Å². The Hall–Kier alpha value is -3.09. The van der Waals surface area contributed by atoms with Gasteiger partial charge in [0.2, 0.25) is 11.8 Å². The maximum absolute atomic E-state index is 13.2. The highest BCUT2D eigenvalue weighted by Crippen LogP contribution is 2.40. The van der Waals surface area contributed by atoms with Gasteiger partial charge in [-0.1, -0.05) is 31.5 Å². The number of hydrogen-bond donors (Lipinski definition) is 1. The summed E-state index contributed by atoms with van der Waals surface area (Å²) in [6.07, 6.45) is 2.66. The Balaban J connectivity index is 1.72. The van der Waals surface area contributed by atoms with Crippen LogP contribution in [-0.2, 0) is 9.59 Å². The van der Waals surface area contributed by atoms with Crippen LogP contribution in [0.25, 0.3) is 0 Å². The Morgan fingerprint density at radius 1 is 1.19 bits per heavy atom. The van der Waals surface area contributed by atoms with Crippen molar-refractivity contribution in [1.29, 1.82) is 0 Å². The van der Waals surface area contributed by atoms with E-state index in [1.165, 1.54) is 12.1 Å². The number of rotatable bonds is 10. The van der Waals surface area contributed by atoms with Crippen molar-refractivity contribution in [1.82, 2.24) is 10.2 Å². The van der Waals surface area contributed by atoms with Crippen LogP contribution in [0.4, 0.5) is 4.39 Å². The van der Waals surface area contributed by atoms with Gasteiger partial charge in [-0.25, -0.2) is 4.39 Å². The third-order valence-corrected chi connectivity index (χ3v) is 5.74. The van der Waals surface area contributed by atoms with E-state index < -0.39 is 0 Å². The van der Waals surface area contributed by atoms with Crippen molar-refractivity contribution >= 4 is 11.8 Å². The van der Waals surface area contributed by atoms with Crippen LogP contribution >= 0.6 is 0 Å². The van der Waals surface area contributed by atoms with Gasteiger partial charge in [0.05, 0.1) is 25.6 Å². The van der Waals surface area contributed by atoms with Gasteiger partial charge in [-0.05, 0) is 43.2 Å². The zero-order valence-corrected chi connectivity index (χ0v) is 18.7. The van der Waals surface area contributed by atoms with Gasteiger partial charge in [-0.15, -0.1) is 0 Å². The topological polar surface area (TPSA) is 67.9 Å². The molecule has 0 saturated carbocycles. The Labute approximate surface area is 188 Å². The minimum atomic E-state index is -0.383. The molecule has 7 heteroatoms. The van der Waals surface area contributed by atoms with Gasteiger partial charge in [-0.2, -0.15) is 0 Å². The summed E-state index contributed by atoms with van der Waals surface area (Å²) in [5, 5.41) is 2.95. The second-order valence-corrected chi connectivity index (χ2v) is 7.87. The van der Waals surface area contributed by atoms with Crippen LogP contribution in [-0.4, -0.2) is 43.5 Å². The SMILES string of the molecule is CCCCN1C(=O)CCC(C(=O)NCCOc2ccc(F)cc2)C1c1ccccc1OC. The number of methoxy groups -OCH3 is 1. The molecule has 2 aromatic rings. The third-order valence-electron chi connectivity index (χ3n) is 5.74. The van der Waals surface area contributed by atoms with E-state index >= 15 is 0 Å². The molecule has 6 nitrogen and oxygen atoms in total. The number of carbonyl (C=O) groups is 2. The number of benzene rings is 2. The lowest BCUT2D eigenvalue weighted by atomic mass is 9.83. The molecule has 1 saturated heterocycles. The van der Waals surface area contributed by atoms with Crippen molar-refractivity contribution in [2.75, 3.05) is 26.8 Å². The van der Waals surface area contributed by atoms with Gasteiger partial charge in [0.25, 0.3) is 0 Å². The first-order chi connectivity index (χ1) is 15.5. The number of para-hydroxylation sites is 1. The normalized spacial score (nSPS) is 18.3. The molecule has 0 spiro atoms. The van der Waals surface area contributed by atoms with Gasteiger partial charge in [0, 0.05) is 18.5 Å². The fourth-order valence-corrected chi connectivity index (χ4v) is 4.12. The lowest BCUT2D eigenvalue weighted by Crippen LogP contribution is -2.48. The highest BCUT2D eigenvalue weighted by atomic mass is 19.1. The van der Waals surface area contributed by atoms with Crippen molar-refractivity contribution in [2.45, 2.75) is 38.6 Å². The molecule has 1 fully saturated rings. The molecule has 2 atom stereocenters. The van der Waals surface area contributed by atoms with Crippen LogP contribution in [0.2, 0.25) is 0 Å². The van der Waals surface area contributed by atoms with Gasteiger partial charge in [-0.3, -0.25) is 9.59 Å². The van der Waals surface area contributed by atoms with E-state index in [0.29, 0.717) is 37.4 Å². The first kappa shape index (κ1) is 23.6. The average molecular weight is 443 g/mol. The molecule has 0 aliphatic carbocycles. The van der Waals surface area contributed by atoms with Crippen molar-refractivity contribution in [3.8, 4) is 11.5 Å². The minimum absolute atomic E-state index is 0.0676. The predicted octanol–water partition coefficient (Wildman–Crippen LogP) is 4.11. The summed E-state index contributed by atoms with van der Waals surface area (Å²) in [4.78, 5) is 27.8.